The predicted octanol–water partition coefficient (Wildman–Crippen LogP) is 3.72. The number of hydrogen-bond donors (Lipinski definition) is 2. The normalized spacial score (nSPS) is 10.8. The fraction of sp³-hybridized carbons (Fsp3) is 0.167. The van der Waals surface area contributed by atoms with Crippen molar-refractivity contribution in [3.63, 3.8) is 0 Å². The van der Waals surface area contributed by atoms with Gasteiger partial charge in [-0.25, -0.2) is 8.42 Å². The number of ether oxygens (including phenoxy) is 3. The lowest BCUT2D eigenvalue weighted by molar-refractivity contribution is -0.118. The van der Waals surface area contributed by atoms with Crippen LogP contribution in [0.3, 0.4) is 0 Å². The number of carbonyl (C=O) groups excluding carboxylic acids is 2. The van der Waals surface area contributed by atoms with Gasteiger partial charge in [-0.3, -0.25) is 14.3 Å². The molecule has 9 nitrogen and oxygen atoms in total. The summed E-state index contributed by atoms with van der Waals surface area (Å²) >= 11 is 0. The highest BCUT2D eigenvalue weighted by atomic mass is 32.2. The first-order chi connectivity index (χ1) is 16.2. The smallest absolute Gasteiger partial charge is 0.262 e. The van der Waals surface area contributed by atoms with E-state index in [2.05, 4.69) is 10.0 Å². The van der Waals surface area contributed by atoms with Crippen molar-refractivity contribution in [2.75, 3.05) is 30.9 Å². The van der Waals surface area contributed by atoms with Crippen LogP contribution in [0.5, 0.6) is 17.2 Å². The van der Waals surface area contributed by atoms with E-state index in [1.807, 2.05) is 0 Å². The van der Waals surface area contributed by atoms with E-state index in [1.165, 1.54) is 45.4 Å². The van der Waals surface area contributed by atoms with Crippen LogP contribution < -0.4 is 24.2 Å². The summed E-state index contributed by atoms with van der Waals surface area (Å²) in [6.45, 7) is 1.08. The Balaban J connectivity index is 1.65. The summed E-state index contributed by atoms with van der Waals surface area (Å²) in [5, 5.41) is 2.60. The van der Waals surface area contributed by atoms with Gasteiger partial charge in [0, 0.05) is 16.9 Å². The van der Waals surface area contributed by atoms with Crippen molar-refractivity contribution in [1.82, 2.24) is 0 Å². The Morgan fingerprint density at radius 2 is 1.59 bits per heavy atom. The summed E-state index contributed by atoms with van der Waals surface area (Å²) < 4.78 is 43.7. The van der Waals surface area contributed by atoms with E-state index < -0.39 is 15.9 Å². The number of hydrogen-bond acceptors (Lipinski definition) is 7. The number of benzene rings is 3. The van der Waals surface area contributed by atoms with Gasteiger partial charge in [-0.15, -0.1) is 0 Å². The van der Waals surface area contributed by atoms with Gasteiger partial charge in [-0.2, -0.15) is 0 Å². The van der Waals surface area contributed by atoms with Crippen molar-refractivity contribution in [2.45, 2.75) is 11.8 Å². The van der Waals surface area contributed by atoms with Crippen LogP contribution in [0.4, 0.5) is 11.4 Å². The summed E-state index contributed by atoms with van der Waals surface area (Å²) in [5.74, 6) is 0.581. The Kier molecular flexibility index (Phi) is 7.75. The number of anilines is 2. The highest BCUT2D eigenvalue weighted by Gasteiger charge is 2.16. The van der Waals surface area contributed by atoms with Gasteiger partial charge < -0.3 is 19.5 Å². The summed E-state index contributed by atoms with van der Waals surface area (Å²) in [7, 11) is -0.937. The van der Waals surface area contributed by atoms with Gasteiger partial charge in [0.15, 0.2) is 23.9 Å². The van der Waals surface area contributed by atoms with E-state index >= 15 is 0 Å². The molecule has 0 aliphatic rings. The Morgan fingerprint density at radius 1 is 0.853 bits per heavy atom. The van der Waals surface area contributed by atoms with E-state index in [9.17, 15) is 18.0 Å². The molecule has 3 aromatic carbocycles. The molecular formula is C24H24N2O7S. The Morgan fingerprint density at radius 3 is 2.24 bits per heavy atom. The number of sulfonamides is 1. The summed E-state index contributed by atoms with van der Waals surface area (Å²) in [6.07, 6.45) is 0. The van der Waals surface area contributed by atoms with Crippen LogP contribution >= 0.6 is 0 Å². The van der Waals surface area contributed by atoms with Crippen LogP contribution in [-0.2, 0) is 14.8 Å². The van der Waals surface area contributed by atoms with E-state index in [0.717, 1.165) is 0 Å². The average Bonchev–Trinajstić information content (AvgIpc) is 2.83. The van der Waals surface area contributed by atoms with E-state index in [1.54, 1.807) is 42.5 Å². The van der Waals surface area contributed by atoms with Crippen molar-refractivity contribution in [2.24, 2.45) is 0 Å². The minimum Gasteiger partial charge on any atom is -0.497 e. The zero-order valence-electron chi connectivity index (χ0n) is 18.8. The van der Waals surface area contributed by atoms with E-state index in [4.69, 9.17) is 14.2 Å². The molecule has 1 amide bonds. The molecule has 2 N–H and O–H groups in total. The maximum Gasteiger partial charge on any atom is 0.262 e. The minimum atomic E-state index is -3.88. The fourth-order valence-electron chi connectivity index (χ4n) is 2.96. The first-order valence-electron chi connectivity index (χ1n) is 10.1. The van der Waals surface area contributed by atoms with Crippen LogP contribution in [0.2, 0.25) is 0 Å². The Hall–Kier alpha value is -4.05. The summed E-state index contributed by atoms with van der Waals surface area (Å²) in [6, 6.07) is 16.9. The number of ketones is 1. The van der Waals surface area contributed by atoms with Crippen LogP contribution in [0, 0.1) is 0 Å². The second-order valence-corrected chi connectivity index (χ2v) is 8.80. The van der Waals surface area contributed by atoms with Crippen LogP contribution in [0.15, 0.2) is 71.6 Å². The molecule has 0 spiro atoms. The van der Waals surface area contributed by atoms with Gasteiger partial charge in [0.05, 0.1) is 19.1 Å². The number of amides is 1. The molecule has 0 saturated carbocycles. The Labute approximate surface area is 197 Å². The fourth-order valence-corrected chi connectivity index (χ4v) is 4.06. The first-order valence-corrected chi connectivity index (χ1v) is 11.6. The topological polar surface area (TPSA) is 120 Å². The second-order valence-electron chi connectivity index (χ2n) is 7.12. The summed E-state index contributed by atoms with van der Waals surface area (Å²) in [4.78, 5) is 23.8. The van der Waals surface area contributed by atoms with Crippen molar-refractivity contribution in [3.8, 4) is 17.2 Å². The highest BCUT2D eigenvalue weighted by Crippen LogP contribution is 2.28. The second kappa shape index (κ2) is 10.7. The van der Waals surface area contributed by atoms with Crippen LogP contribution in [0.25, 0.3) is 0 Å². The van der Waals surface area contributed by atoms with Gasteiger partial charge in [0.1, 0.15) is 5.75 Å². The number of carbonyl (C=O) groups is 2. The van der Waals surface area contributed by atoms with Gasteiger partial charge in [-0.1, -0.05) is 6.07 Å². The molecule has 0 bridgehead atoms. The molecule has 10 heteroatoms. The van der Waals surface area contributed by atoms with Crippen molar-refractivity contribution < 1.29 is 32.2 Å². The van der Waals surface area contributed by atoms with Crippen LogP contribution in [-0.4, -0.2) is 40.9 Å². The molecule has 0 aliphatic carbocycles. The SMILES string of the molecule is COc1ccc(NS(=O)(=O)c2cccc(NC(=O)COc3ccc(C(C)=O)cc3OC)c2)cc1. The minimum absolute atomic E-state index is 0.0245. The Bertz CT molecular complexity index is 1290. The highest BCUT2D eigenvalue weighted by molar-refractivity contribution is 7.92. The van der Waals surface area contributed by atoms with E-state index in [0.29, 0.717) is 28.5 Å². The maximum atomic E-state index is 12.7. The molecule has 0 radical (unpaired) electrons. The van der Waals surface area contributed by atoms with Gasteiger partial charge in [0.2, 0.25) is 0 Å². The molecule has 3 aromatic rings. The lowest BCUT2D eigenvalue weighted by Crippen LogP contribution is -2.21. The van der Waals surface area contributed by atoms with Gasteiger partial charge >= 0.3 is 0 Å². The van der Waals surface area contributed by atoms with Gasteiger partial charge in [-0.05, 0) is 67.6 Å². The molecule has 0 aromatic heterocycles. The quantitative estimate of drug-likeness (QED) is 0.421. The van der Waals surface area contributed by atoms with Crippen molar-refractivity contribution in [1.29, 1.82) is 0 Å². The molecule has 0 aliphatic heterocycles. The summed E-state index contributed by atoms with van der Waals surface area (Å²) in [5.41, 5.74) is 1.11. The number of nitrogens with one attached hydrogen (secondary N) is 2. The molecular weight excluding hydrogens is 460 g/mol. The first kappa shape index (κ1) is 24.6. The van der Waals surface area contributed by atoms with Crippen molar-refractivity contribution in [3.05, 3.63) is 72.3 Å². The molecule has 0 atom stereocenters. The van der Waals surface area contributed by atoms with Crippen molar-refractivity contribution >= 4 is 33.1 Å². The lowest BCUT2D eigenvalue weighted by atomic mass is 10.1. The van der Waals surface area contributed by atoms with Crippen LogP contribution in [0.1, 0.15) is 17.3 Å². The molecule has 0 unspecified atom stereocenters. The average molecular weight is 485 g/mol. The molecule has 0 fully saturated rings. The van der Waals surface area contributed by atoms with Gasteiger partial charge in [0.25, 0.3) is 15.9 Å². The standard InChI is InChI=1S/C24H24N2O7S/c1-16(27)17-7-12-22(23(13-17)32-3)33-15-24(28)25-19-5-4-6-21(14-19)34(29,30)26-18-8-10-20(31-2)11-9-18/h4-14,26H,15H2,1-3H3,(H,25,28). The third kappa shape index (κ3) is 6.26. The third-order valence-corrected chi connectivity index (χ3v) is 6.08. The maximum absolute atomic E-state index is 12.7. The third-order valence-electron chi connectivity index (χ3n) is 4.70. The molecule has 178 valence electrons. The number of methoxy groups -OCH3 is 2. The number of rotatable bonds is 10. The zero-order valence-corrected chi connectivity index (χ0v) is 19.6. The molecule has 0 heterocycles. The largest absolute Gasteiger partial charge is 0.497 e. The molecule has 34 heavy (non-hydrogen) atoms. The molecule has 0 saturated heterocycles. The zero-order chi connectivity index (χ0) is 24.7. The predicted molar refractivity (Wildman–Crippen MR) is 127 cm³/mol. The van der Waals surface area contributed by atoms with E-state index in [-0.39, 0.29) is 23.0 Å². The molecule has 3 rings (SSSR count). The lowest BCUT2D eigenvalue weighted by Gasteiger charge is -2.13. The monoisotopic (exact) mass is 484 g/mol. The number of Topliss-reactive ketones (excluding diaryl/α,β-unsaturated/α-hetero) is 1.